The standard InChI is InChI=1S/C19H23ClN4O2/c1-12(2)17-16(11-22-24(17)15-5-3-4-14(20)10-15)19(26)23-8-6-13(7-9-23)18(21)25/h3-5,10-13H,6-9H2,1-2H3,(H2,21,25). The number of hydrogen-bond acceptors (Lipinski definition) is 3. The molecule has 26 heavy (non-hydrogen) atoms. The average Bonchev–Trinajstić information content (AvgIpc) is 3.06. The zero-order valence-electron chi connectivity index (χ0n) is 15.0. The van der Waals surface area contributed by atoms with E-state index >= 15 is 0 Å². The number of amides is 2. The second-order valence-electron chi connectivity index (χ2n) is 6.96. The summed E-state index contributed by atoms with van der Waals surface area (Å²) < 4.78 is 1.78. The Kier molecular flexibility index (Phi) is 5.32. The van der Waals surface area contributed by atoms with Crippen LogP contribution in [0.25, 0.3) is 5.69 Å². The minimum atomic E-state index is -0.284. The highest BCUT2D eigenvalue weighted by molar-refractivity contribution is 6.30. The number of nitrogens with two attached hydrogens (primary N) is 1. The summed E-state index contributed by atoms with van der Waals surface area (Å²) in [5.41, 5.74) is 7.65. The Balaban J connectivity index is 1.89. The van der Waals surface area contributed by atoms with Crippen molar-refractivity contribution in [3.63, 3.8) is 0 Å². The first kappa shape index (κ1) is 18.5. The third kappa shape index (κ3) is 3.60. The summed E-state index contributed by atoms with van der Waals surface area (Å²) in [5, 5.41) is 5.06. The van der Waals surface area contributed by atoms with Gasteiger partial charge in [0.1, 0.15) is 0 Å². The van der Waals surface area contributed by atoms with Gasteiger partial charge in [-0.1, -0.05) is 31.5 Å². The van der Waals surface area contributed by atoms with Gasteiger partial charge in [-0.3, -0.25) is 9.59 Å². The molecule has 1 aliphatic rings. The Morgan fingerprint density at radius 1 is 1.27 bits per heavy atom. The Bertz CT molecular complexity index is 823. The molecule has 3 rings (SSSR count). The highest BCUT2D eigenvalue weighted by Crippen LogP contribution is 2.27. The Hall–Kier alpha value is -2.34. The van der Waals surface area contributed by atoms with Crippen molar-refractivity contribution >= 4 is 23.4 Å². The smallest absolute Gasteiger partial charge is 0.257 e. The lowest BCUT2D eigenvalue weighted by Crippen LogP contribution is -2.42. The largest absolute Gasteiger partial charge is 0.369 e. The van der Waals surface area contributed by atoms with Crippen LogP contribution in [0.5, 0.6) is 0 Å². The van der Waals surface area contributed by atoms with Crippen molar-refractivity contribution in [3.8, 4) is 5.69 Å². The summed E-state index contributed by atoms with van der Waals surface area (Å²) in [6.45, 7) is 5.14. The second-order valence-corrected chi connectivity index (χ2v) is 7.40. The number of piperidine rings is 1. The monoisotopic (exact) mass is 374 g/mol. The number of rotatable bonds is 4. The number of benzene rings is 1. The minimum Gasteiger partial charge on any atom is -0.369 e. The summed E-state index contributed by atoms with van der Waals surface area (Å²) in [4.78, 5) is 26.2. The van der Waals surface area contributed by atoms with E-state index in [1.165, 1.54) is 0 Å². The summed E-state index contributed by atoms with van der Waals surface area (Å²) in [5.74, 6) is -0.366. The van der Waals surface area contributed by atoms with Gasteiger partial charge >= 0.3 is 0 Å². The molecule has 1 aliphatic heterocycles. The molecule has 2 aromatic rings. The van der Waals surface area contributed by atoms with Crippen LogP contribution in [-0.2, 0) is 4.79 Å². The molecule has 2 heterocycles. The molecule has 1 saturated heterocycles. The number of carbonyl (C=O) groups excluding carboxylic acids is 2. The van der Waals surface area contributed by atoms with Crippen LogP contribution >= 0.6 is 11.6 Å². The SMILES string of the molecule is CC(C)c1c(C(=O)N2CCC(C(N)=O)CC2)cnn1-c1cccc(Cl)c1. The van der Waals surface area contributed by atoms with Crippen molar-refractivity contribution in [2.24, 2.45) is 11.7 Å². The van der Waals surface area contributed by atoms with E-state index in [0.717, 1.165) is 11.4 Å². The normalized spacial score (nSPS) is 15.5. The molecule has 1 aromatic heterocycles. The van der Waals surface area contributed by atoms with E-state index in [1.54, 1.807) is 21.8 Å². The minimum absolute atomic E-state index is 0.0510. The van der Waals surface area contributed by atoms with Crippen LogP contribution in [-0.4, -0.2) is 39.6 Å². The van der Waals surface area contributed by atoms with Gasteiger partial charge in [0.05, 0.1) is 23.1 Å². The first-order chi connectivity index (χ1) is 12.4. The molecule has 0 spiro atoms. The zero-order chi connectivity index (χ0) is 18.8. The lowest BCUT2D eigenvalue weighted by molar-refractivity contribution is -0.123. The first-order valence-corrected chi connectivity index (χ1v) is 9.18. The maximum atomic E-state index is 13.0. The van der Waals surface area contributed by atoms with Gasteiger partial charge in [0.2, 0.25) is 5.91 Å². The quantitative estimate of drug-likeness (QED) is 0.893. The molecular weight excluding hydrogens is 352 g/mol. The highest BCUT2D eigenvalue weighted by atomic mass is 35.5. The highest BCUT2D eigenvalue weighted by Gasteiger charge is 2.29. The topological polar surface area (TPSA) is 81.2 Å². The molecule has 6 nitrogen and oxygen atoms in total. The van der Waals surface area contributed by atoms with Crippen LogP contribution in [0.15, 0.2) is 30.5 Å². The van der Waals surface area contributed by atoms with E-state index < -0.39 is 0 Å². The fourth-order valence-electron chi connectivity index (χ4n) is 3.43. The molecule has 1 aromatic carbocycles. The van der Waals surface area contributed by atoms with E-state index in [2.05, 4.69) is 5.10 Å². The molecule has 0 atom stereocenters. The van der Waals surface area contributed by atoms with Crippen molar-refractivity contribution in [2.75, 3.05) is 13.1 Å². The third-order valence-electron chi connectivity index (χ3n) is 4.82. The van der Waals surface area contributed by atoms with Crippen molar-refractivity contribution in [3.05, 3.63) is 46.7 Å². The number of likely N-dealkylation sites (tertiary alicyclic amines) is 1. The number of hydrogen-bond donors (Lipinski definition) is 1. The van der Waals surface area contributed by atoms with Crippen molar-refractivity contribution in [1.29, 1.82) is 0 Å². The predicted octanol–water partition coefficient (Wildman–Crippen LogP) is 2.99. The maximum Gasteiger partial charge on any atom is 0.257 e. The Labute approximate surface area is 157 Å². The van der Waals surface area contributed by atoms with Crippen molar-refractivity contribution in [1.82, 2.24) is 14.7 Å². The summed E-state index contributed by atoms with van der Waals surface area (Å²) in [6, 6.07) is 7.41. The molecule has 0 aliphatic carbocycles. The molecular formula is C19H23ClN4O2. The van der Waals surface area contributed by atoms with Crippen molar-refractivity contribution < 1.29 is 9.59 Å². The van der Waals surface area contributed by atoms with Crippen LogP contribution in [0.3, 0.4) is 0 Å². The summed E-state index contributed by atoms with van der Waals surface area (Å²) in [7, 11) is 0. The third-order valence-corrected chi connectivity index (χ3v) is 5.06. The molecule has 2 N–H and O–H groups in total. The van der Waals surface area contributed by atoms with Gasteiger partial charge in [-0.25, -0.2) is 4.68 Å². The van der Waals surface area contributed by atoms with E-state index in [-0.39, 0.29) is 23.7 Å². The number of aromatic nitrogens is 2. The molecule has 1 fully saturated rings. The van der Waals surface area contributed by atoms with Gasteiger partial charge in [0, 0.05) is 24.0 Å². The van der Waals surface area contributed by atoms with Crippen LogP contribution in [0, 0.1) is 5.92 Å². The molecule has 138 valence electrons. The maximum absolute atomic E-state index is 13.0. The number of nitrogens with zero attached hydrogens (tertiary/aromatic N) is 3. The molecule has 2 amide bonds. The van der Waals surface area contributed by atoms with E-state index in [9.17, 15) is 9.59 Å². The lowest BCUT2D eigenvalue weighted by Gasteiger charge is -2.30. The number of carbonyl (C=O) groups is 2. The van der Waals surface area contributed by atoms with E-state index in [0.29, 0.717) is 36.5 Å². The molecule has 0 radical (unpaired) electrons. The number of halogens is 1. The molecule has 0 unspecified atom stereocenters. The van der Waals surface area contributed by atoms with Crippen LogP contribution in [0.1, 0.15) is 48.7 Å². The van der Waals surface area contributed by atoms with Crippen LogP contribution < -0.4 is 5.73 Å². The van der Waals surface area contributed by atoms with Crippen LogP contribution in [0.4, 0.5) is 0 Å². The van der Waals surface area contributed by atoms with Crippen molar-refractivity contribution in [2.45, 2.75) is 32.6 Å². The van der Waals surface area contributed by atoms with Gasteiger partial charge in [-0.15, -0.1) is 0 Å². The number of primary amides is 1. The predicted molar refractivity (Wildman–Crippen MR) is 100 cm³/mol. The first-order valence-electron chi connectivity index (χ1n) is 8.81. The van der Waals surface area contributed by atoms with E-state index in [4.69, 9.17) is 17.3 Å². The van der Waals surface area contributed by atoms with Crippen LogP contribution in [0.2, 0.25) is 5.02 Å². The Morgan fingerprint density at radius 2 is 1.96 bits per heavy atom. The summed E-state index contributed by atoms with van der Waals surface area (Å²) in [6.07, 6.45) is 2.85. The average molecular weight is 375 g/mol. The van der Waals surface area contributed by atoms with Gasteiger partial charge in [-0.05, 0) is 37.0 Å². The molecule has 0 saturated carbocycles. The van der Waals surface area contributed by atoms with Gasteiger partial charge in [0.15, 0.2) is 0 Å². The fraction of sp³-hybridized carbons (Fsp3) is 0.421. The van der Waals surface area contributed by atoms with Gasteiger partial charge in [0.25, 0.3) is 5.91 Å². The summed E-state index contributed by atoms with van der Waals surface area (Å²) >= 11 is 6.10. The zero-order valence-corrected chi connectivity index (χ0v) is 15.7. The van der Waals surface area contributed by atoms with Gasteiger partial charge < -0.3 is 10.6 Å². The second kappa shape index (κ2) is 7.50. The van der Waals surface area contributed by atoms with Gasteiger partial charge in [-0.2, -0.15) is 5.10 Å². The molecule has 0 bridgehead atoms. The molecule has 7 heteroatoms. The van der Waals surface area contributed by atoms with E-state index in [1.807, 2.05) is 32.0 Å². The fourth-order valence-corrected chi connectivity index (χ4v) is 3.61. The Morgan fingerprint density at radius 3 is 2.54 bits per heavy atom. The lowest BCUT2D eigenvalue weighted by atomic mass is 9.95.